The topological polar surface area (TPSA) is 39.9 Å². The summed E-state index contributed by atoms with van der Waals surface area (Å²) >= 11 is 0. The van der Waals surface area contributed by atoms with Crippen LogP contribution < -0.4 is 4.74 Å². The number of imidazole rings is 1. The normalized spacial score (nSPS) is 17.0. The first-order valence-corrected chi connectivity index (χ1v) is 22.4. The summed E-state index contributed by atoms with van der Waals surface area (Å²) in [5, 5.41) is 0. The molecule has 0 amide bonds. The van der Waals surface area contributed by atoms with Crippen LogP contribution in [0.25, 0.3) is 83.9 Å². The Labute approximate surface area is 431 Å². The molecule has 0 N–H and O–H groups in total. The SMILES string of the molecule is [2H]c1nc(-c2cc(-c3ccccc3)cc(-c3cccc4c3nc(-c3cc(C)cc(C)c3OC)n4-c3ccc(-c4cc(C(C)(C)C)cc(C(C)(C)C)c4)cc3C([2H])([2H])[2H])c2)c([2H])c(-c2c([2H])c([2H])c(C(C([2H])([2H])[2H])(C([2H])([2H])[2H])C([2H])([2H])[2H])c([2H])c2[2H])c1[2H]. The average Bonchev–Trinajstić information content (AvgIpc) is 1.03. The molecule has 4 nitrogen and oxygen atoms in total. The Morgan fingerprint density at radius 3 is 1.91 bits per heavy atom. The van der Waals surface area contributed by atoms with E-state index in [9.17, 15) is 4.11 Å². The molecule has 0 saturated carbocycles. The molecule has 2 heterocycles. The molecular formula is C64H65N3O. The van der Waals surface area contributed by atoms with Crippen molar-refractivity contribution in [1.82, 2.24) is 14.5 Å². The Morgan fingerprint density at radius 1 is 0.544 bits per heavy atom. The molecule has 0 radical (unpaired) electrons. The van der Waals surface area contributed by atoms with Gasteiger partial charge in [-0.2, -0.15) is 0 Å². The third-order valence-electron chi connectivity index (χ3n) is 12.3. The number of hydrogen-bond donors (Lipinski definition) is 0. The van der Waals surface area contributed by atoms with E-state index >= 15 is 0 Å². The van der Waals surface area contributed by atoms with Crippen molar-refractivity contribution in [2.45, 2.75) is 99.0 Å². The summed E-state index contributed by atoms with van der Waals surface area (Å²) in [6.45, 7) is 2.20. The molecule has 0 aliphatic carbocycles. The van der Waals surface area contributed by atoms with Gasteiger partial charge in [-0.05, 0) is 164 Å². The second-order valence-corrected chi connectivity index (χ2v) is 19.5. The summed E-state index contributed by atoms with van der Waals surface area (Å²) in [5.74, 6) is 0.859. The van der Waals surface area contributed by atoms with Crippen LogP contribution >= 0.6 is 0 Å². The highest BCUT2D eigenvalue weighted by Gasteiger charge is 2.25. The van der Waals surface area contributed by atoms with Gasteiger partial charge in [0.2, 0.25) is 0 Å². The lowest BCUT2D eigenvalue weighted by molar-refractivity contribution is 0.413. The Hall–Kier alpha value is -7.04. The number of aromatic nitrogens is 3. The lowest BCUT2D eigenvalue weighted by Crippen LogP contribution is -2.16. The van der Waals surface area contributed by atoms with Gasteiger partial charge in [0.25, 0.3) is 0 Å². The van der Waals surface area contributed by atoms with E-state index in [-0.39, 0.29) is 27.7 Å². The Bertz CT molecular complexity index is 4120. The minimum Gasteiger partial charge on any atom is -0.496 e. The number of para-hydroxylation sites is 1. The van der Waals surface area contributed by atoms with Gasteiger partial charge < -0.3 is 4.74 Å². The van der Waals surface area contributed by atoms with Crippen LogP contribution in [0.2, 0.25) is 0 Å². The number of pyridine rings is 1. The van der Waals surface area contributed by atoms with E-state index in [1.165, 1.54) is 0 Å². The van der Waals surface area contributed by atoms with E-state index in [4.69, 9.17) is 31.7 Å². The highest BCUT2D eigenvalue weighted by molar-refractivity contribution is 5.98. The minimum atomic E-state index is -3.95. The number of benzene rings is 7. The van der Waals surface area contributed by atoms with E-state index in [2.05, 4.69) is 64.7 Å². The molecule has 7 aromatic carbocycles. The number of methoxy groups -OCH3 is 1. The molecule has 0 aliphatic heterocycles. The molecule has 0 saturated heterocycles. The minimum absolute atomic E-state index is 0.0533. The number of fused-ring (bicyclic) bond motifs is 1. The first-order valence-electron chi connectivity index (χ1n) is 31.9. The van der Waals surface area contributed by atoms with Crippen LogP contribution in [-0.4, -0.2) is 21.6 Å². The van der Waals surface area contributed by atoms with Crippen LogP contribution in [0.3, 0.4) is 0 Å². The van der Waals surface area contributed by atoms with E-state index in [0.29, 0.717) is 61.7 Å². The molecule has 9 rings (SSSR count). The molecule has 0 atom stereocenters. The van der Waals surface area contributed by atoms with Crippen molar-refractivity contribution in [2.75, 3.05) is 7.11 Å². The van der Waals surface area contributed by atoms with E-state index < -0.39 is 91.9 Å². The second-order valence-electron chi connectivity index (χ2n) is 19.5. The van der Waals surface area contributed by atoms with Gasteiger partial charge in [-0.15, -0.1) is 0 Å². The second kappa shape index (κ2) is 17.6. The average molecular weight is 911 g/mol. The fraction of sp³-hybridized carbons (Fsp3) is 0.250. The smallest absolute Gasteiger partial charge is 0.149 e. The van der Waals surface area contributed by atoms with Crippen LogP contribution in [-0.2, 0) is 16.2 Å². The Kier molecular flexibility index (Phi) is 7.31. The van der Waals surface area contributed by atoms with Crippen molar-refractivity contribution in [3.63, 3.8) is 0 Å². The summed E-state index contributed by atoms with van der Waals surface area (Å²) in [4.78, 5) is 9.84. The Balaban J connectivity index is 1.34. The summed E-state index contributed by atoms with van der Waals surface area (Å²) in [5.41, 5.74) is 2.21. The van der Waals surface area contributed by atoms with Gasteiger partial charge in [0.1, 0.15) is 11.6 Å². The number of aryl methyl sites for hydroxylation is 3. The molecule has 2 aromatic heterocycles. The van der Waals surface area contributed by atoms with Crippen LogP contribution in [0.5, 0.6) is 5.75 Å². The quantitative estimate of drug-likeness (QED) is 0.152. The summed E-state index contributed by atoms with van der Waals surface area (Å²) in [6.07, 6.45) is -0.772. The number of hydrogen-bond acceptors (Lipinski definition) is 3. The van der Waals surface area contributed by atoms with Crippen molar-refractivity contribution < 1.29 is 30.8 Å². The maximum Gasteiger partial charge on any atom is 0.149 e. The fourth-order valence-corrected chi connectivity index (χ4v) is 8.64. The predicted molar refractivity (Wildman–Crippen MR) is 288 cm³/mol. The molecule has 0 bridgehead atoms. The lowest BCUT2D eigenvalue weighted by Gasteiger charge is -2.26. The van der Waals surface area contributed by atoms with E-state index in [0.717, 1.165) is 27.8 Å². The third-order valence-corrected chi connectivity index (χ3v) is 12.3. The maximum absolute atomic E-state index is 9.76. The first kappa shape index (κ1) is 28.3. The van der Waals surface area contributed by atoms with Crippen molar-refractivity contribution in [3.8, 4) is 78.6 Å². The van der Waals surface area contributed by atoms with Crippen LogP contribution in [0.15, 0.2) is 158 Å². The van der Waals surface area contributed by atoms with E-state index in [1.54, 1.807) is 31.4 Å². The van der Waals surface area contributed by atoms with Gasteiger partial charge >= 0.3 is 0 Å². The predicted octanol–water partition coefficient (Wildman–Crippen LogP) is 17.2. The highest BCUT2D eigenvalue weighted by Crippen LogP contribution is 2.43. The van der Waals surface area contributed by atoms with Crippen molar-refractivity contribution in [2.24, 2.45) is 0 Å². The van der Waals surface area contributed by atoms with Gasteiger partial charge in [0.15, 0.2) is 0 Å². The van der Waals surface area contributed by atoms with Crippen molar-refractivity contribution >= 4 is 11.0 Å². The highest BCUT2D eigenvalue weighted by atomic mass is 16.5. The zero-order valence-electron chi connectivity index (χ0n) is 58.7. The molecule has 4 heteroatoms. The van der Waals surface area contributed by atoms with Gasteiger partial charge in [-0.3, -0.25) is 9.55 Å². The van der Waals surface area contributed by atoms with Gasteiger partial charge in [-0.1, -0.05) is 159 Å². The zero-order chi connectivity index (χ0) is 64.4. The Morgan fingerprint density at radius 2 is 1.24 bits per heavy atom. The molecule has 0 fully saturated rings. The molecule has 0 unspecified atom stereocenters. The fourth-order valence-electron chi connectivity index (χ4n) is 8.64. The van der Waals surface area contributed by atoms with Crippen molar-refractivity contribution in [3.05, 3.63) is 191 Å². The van der Waals surface area contributed by atoms with Gasteiger partial charge in [0.05, 0.1) is 44.7 Å². The molecule has 342 valence electrons. The van der Waals surface area contributed by atoms with Crippen LogP contribution in [0.1, 0.15) is 122 Å². The monoisotopic (exact) mass is 911 g/mol. The molecule has 0 spiro atoms. The van der Waals surface area contributed by atoms with Gasteiger partial charge in [-0.25, -0.2) is 4.98 Å². The largest absolute Gasteiger partial charge is 0.496 e. The molecule has 68 heavy (non-hydrogen) atoms. The molecular weight excluding hydrogens is 827 g/mol. The first-order chi connectivity index (χ1) is 40.1. The van der Waals surface area contributed by atoms with Gasteiger partial charge in [0, 0.05) is 33.7 Å². The maximum atomic E-state index is 9.76. The van der Waals surface area contributed by atoms with Crippen molar-refractivity contribution in [1.29, 1.82) is 0 Å². The summed E-state index contributed by atoms with van der Waals surface area (Å²) < 4.78 is 175. The zero-order valence-corrected chi connectivity index (χ0v) is 39.7. The third kappa shape index (κ3) is 9.05. The number of rotatable bonds is 8. The lowest BCUT2D eigenvalue weighted by atomic mass is 9.79. The number of ether oxygens (including phenoxy) is 1. The standard InChI is InChI=1S/C64H65N3O/c1-40-30-42(3)60(68-13)55(31-40)61-66-59-54(20-17-21-58(59)67(61)57-27-24-45(32-41(57)2)48-36-52(63(7,8)9)39-53(37-48)64(10,11)12)49-33-47(43-18-15-14-16-19-43)34-50(35-49)56-38-46(28-29-65-56)44-22-25-51(26-23-44)62(4,5)6/h14-39H,1-13H3/i2D3,4D3,5D3,6D3,22D,23D,25D,26D,28D,29D,38D. The summed E-state index contributed by atoms with van der Waals surface area (Å²) in [7, 11) is 1.56. The van der Waals surface area contributed by atoms with Crippen LogP contribution in [0.4, 0.5) is 0 Å². The molecule has 9 aromatic rings. The number of nitrogens with zero attached hydrogens (tertiary/aromatic N) is 3. The molecule has 0 aliphatic rings. The van der Waals surface area contributed by atoms with Crippen LogP contribution in [0, 0.1) is 20.7 Å². The van der Waals surface area contributed by atoms with E-state index in [1.807, 2.05) is 91.2 Å². The summed E-state index contributed by atoms with van der Waals surface area (Å²) in [6, 6.07) is 29.2.